The summed E-state index contributed by atoms with van der Waals surface area (Å²) in [6, 6.07) is 7.89. The van der Waals surface area contributed by atoms with Crippen molar-refractivity contribution in [2.75, 3.05) is 38.0 Å². The number of aryl methyl sites for hydroxylation is 3. The summed E-state index contributed by atoms with van der Waals surface area (Å²) < 4.78 is 0. The molecule has 0 aliphatic carbocycles. The minimum absolute atomic E-state index is 0.0178. The summed E-state index contributed by atoms with van der Waals surface area (Å²) >= 11 is 0. The van der Waals surface area contributed by atoms with E-state index in [0.717, 1.165) is 55.2 Å². The molecular formula is C20H27N5O. The Balaban J connectivity index is 1.80. The third kappa shape index (κ3) is 4.02. The lowest BCUT2D eigenvalue weighted by Crippen LogP contribution is -2.48. The molecule has 2 heterocycles. The molecule has 6 heteroatoms. The van der Waals surface area contributed by atoms with Gasteiger partial charge in [-0.05, 0) is 44.5 Å². The zero-order valence-electron chi connectivity index (χ0n) is 16.0. The fourth-order valence-corrected chi connectivity index (χ4v) is 3.29. The predicted octanol–water partition coefficient (Wildman–Crippen LogP) is 2.92. The second kappa shape index (κ2) is 7.83. The Labute approximate surface area is 155 Å². The summed E-state index contributed by atoms with van der Waals surface area (Å²) in [5, 5.41) is 3.29. The molecule has 138 valence electrons. The molecule has 0 spiro atoms. The van der Waals surface area contributed by atoms with Gasteiger partial charge in [-0.2, -0.15) is 0 Å². The Morgan fingerprint density at radius 2 is 1.73 bits per heavy atom. The normalized spacial score (nSPS) is 15.2. The molecule has 6 nitrogen and oxygen atoms in total. The smallest absolute Gasteiger partial charge is 0.272 e. The van der Waals surface area contributed by atoms with E-state index in [1.807, 2.05) is 43.9 Å². The highest BCUT2D eigenvalue weighted by Crippen LogP contribution is 2.23. The summed E-state index contributed by atoms with van der Waals surface area (Å²) in [5.74, 6) is 0.453. The summed E-state index contributed by atoms with van der Waals surface area (Å²) in [4.78, 5) is 26.1. The third-order valence-corrected chi connectivity index (χ3v) is 4.90. The van der Waals surface area contributed by atoms with Crippen molar-refractivity contribution in [3.8, 4) is 0 Å². The maximum absolute atomic E-state index is 12.9. The zero-order chi connectivity index (χ0) is 18.7. The Morgan fingerprint density at radius 1 is 1.08 bits per heavy atom. The van der Waals surface area contributed by atoms with Gasteiger partial charge in [-0.15, -0.1) is 0 Å². The van der Waals surface area contributed by atoms with Crippen molar-refractivity contribution in [2.24, 2.45) is 0 Å². The molecule has 1 aromatic heterocycles. The number of amides is 1. The summed E-state index contributed by atoms with van der Waals surface area (Å²) in [7, 11) is 0. The number of hydrogen-bond acceptors (Lipinski definition) is 5. The van der Waals surface area contributed by atoms with Crippen LogP contribution in [0.3, 0.4) is 0 Å². The van der Waals surface area contributed by atoms with Gasteiger partial charge in [-0.1, -0.05) is 25.1 Å². The van der Waals surface area contributed by atoms with E-state index in [2.05, 4.69) is 27.1 Å². The summed E-state index contributed by atoms with van der Waals surface area (Å²) in [5.41, 5.74) is 4.48. The molecule has 1 aliphatic rings. The first-order valence-corrected chi connectivity index (χ1v) is 9.18. The first-order valence-electron chi connectivity index (χ1n) is 9.18. The molecule has 1 saturated heterocycles. The van der Waals surface area contributed by atoms with E-state index in [4.69, 9.17) is 0 Å². The van der Waals surface area contributed by atoms with Gasteiger partial charge in [0, 0.05) is 37.6 Å². The molecule has 0 unspecified atom stereocenters. The average molecular weight is 353 g/mol. The monoisotopic (exact) mass is 353 g/mol. The van der Waals surface area contributed by atoms with Crippen molar-refractivity contribution in [2.45, 2.75) is 27.7 Å². The van der Waals surface area contributed by atoms with Crippen LogP contribution < -0.4 is 5.32 Å². The first kappa shape index (κ1) is 18.3. The van der Waals surface area contributed by atoms with Crippen LogP contribution in [-0.2, 0) is 0 Å². The molecule has 26 heavy (non-hydrogen) atoms. The Kier molecular flexibility index (Phi) is 5.52. The van der Waals surface area contributed by atoms with E-state index >= 15 is 0 Å². The van der Waals surface area contributed by atoms with Crippen LogP contribution in [0.5, 0.6) is 0 Å². The quantitative estimate of drug-likeness (QED) is 0.916. The second-order valence-corrected chi connectivity index (χ2v) is 6.84. The van der Waals surface area contributed by atoms with Crippen molar-refractivity contribution >= 4 is 17.5 Å². The molecule has 2 aromatic rings. The maximum Gasteiger partial charge on any atom is 0.272 e. The number of nitrogens with one attached hydrogen (secondary N) is 1. The number of likely N-dealkylation sites (N-methyl/N-ethyl adjacent to an activating group) is 1. The van der Waals surface area contributed by atoms with E-state index in [0.29, 0.717) is 11.6 Å². The maximum atomic E-state index is 12.9. The summed E-state index contributed by atoms with van der Waals surface area (Å²) in [6.45, 7) is 12.5. The summed E-state index contributed by atoms with van der Waals surface area (Å²) in [6.07, 6.45) is 0. The van der Waals surface area contributed by atoms with Crippen LogP contribution in [-0.4, -0.2) is 58.4 Å². The number of aromatic nitrogens is 2. The van der Waals surface area contributed by atoms with Gasteiger partial charge in [0.05, 0.1) is 0 Å². The molecule has 0 saturated carbocycles. The molecule has 0 bridgehead atoms. The van der Waals surface area contributed by atoms with E-state index in [1.165, 1.54) is 0 Å². The van der Waals surface area contributed by atoms with Gasteiger partial charge in [0.1, 0.15) is 5.69 Å². The van der Waals surface area contributed by atoms with Crippen molar-refractivity contribution < 1.29 is 4.79 Å². The van der Waals surface area contributed by atoms with Gasteiger partial charge in [0.2, 0.25) is 5.95 Å². The molecule has 1 N–H and O–H groups in total. The molecule has 0 radical (unpaired) electrons. The Morgan fingerprint density at radius 3 is 2.35 bits per heavy atom. The number of piperazine rings is 1. The number of benzene rings is 1. The Bertz CT molecular complexity index is 777. The molecular weight excluding hydrogens is 326 g/mol. The lowest BCUT2D eigenvalue weighted by molar-refractivity contribution is 0.0637. The van der Waals surface area contributed by atoms with Crippen LogP contribution in [0, 0.1) is 20.8 Å². The van der Waals surface area contributed by atoms with Gasteiger partial charge in [0.25, 0.3) is 5.91 Å². The third-order valence-electron chi connectivity index (χ3n) is 4.90. The molecule has 0 atom stereocenters. The van der Waals surface area contributed by atoms with E-state index in [9.17, 15) is 4.79 Å². The number of carbonyl (C=O) groups is 1. The number of hydrogen-bond donors (Lipinski definition) is 1. The van der Waals surface area contributed by atoms with Gasteiger partial charge in [-0.25, -0.2) is 9.97 Å². The largest absolute Gasteiger partial charge is 0.335 e. The minimum Gasteiger partial charge on any atom is -0.335 e. The molecule has 3 rings (SSSR count). The van der Waals surface area contributed by atoms with Crippen molar-refractivity contribution in [1.29, 1.82) is 0 Å². The van der Waals surface area contributed by atoms with Crippen molar-refractivity contribution in [3.63, 3.8) is 0 Å². The molecule has 1 fully saturated rings. The zero-order valence-corrected chi connectivity index (χ0v) is 16.0. The molecule has 1 amide bonds. The van der Waals surface area contributed by atoms with Gasteiger partial charge in [0.15, 0.2) is 0 Å². The highest BCUT2D eigenvalue weighted by molar-refractivity contribution is 5.92. The highest BCUT2D eigenvalue weighted by atomic mass is 16.2. The number of nitrogens with zero attached hydrogens (tertiary/aromatic N) is 4. The van der Waals surface area contributed by atoms with Crippen LogP contribution in [0.25, 0.3) is 0 Å². The van der Waals surface area contributed by atoms with E-state index < -0.39 is 0 Å². The minimum atomic E-state index is -0.0178. The number of carbonyl (C=O) groups excluding carboxylic acids is 1. The topological polar surface area (TPSA) is 61.4 Å². The number of anilines is 2. The van der Waals surface area contributed by atoms with Crippen LogP contribution >= 0.6 is 0 Å². The SMILES string of the molecule is CCN1CCN(C(=O)c2cc(C)nc(Nc3c(C)cccc3C)n2)CC1. The highest BCUT2D eigenvalue weighted by Gasteiger charge is 2.23. The van der Waals surface area contributed by atoms with E-state index in [-0.39, 0.29) is 5.91 Å². The van der Waals surface area contributed by atoms with Crippen molar-refractivity contribution in [1.82, 2.24) is 19.8 Å². The first-order chi connectivity index (χ1) is 12.5. The van der Waals surface area contributed by atoms with Gasteiger partial charge >= 0.3 is 0 Å². The predicted molar refractivity (Wildman–Crippen MR) is 104 cm³/mol. The number of para-hydroxylation sites is 1. The van der Waals surface area contributed by atoms with Gasteiger partial charge in [-0.3, -0.25) is 4.79 Å². The van der Waals surface area contributed by atoms with Crippen LogP contribution in [0.2, 0.25) is 0 Å². The molecule has 1 aromatic carbocycles. The van der Waals surface area contributed by atoms with Crippen LogP contribution in [0.1, 0.15) is 34.2 Å². The average Bonchev–Trinajstić information content (AvgIpc) is 2.64. The fourth-order valence-electron chi connectivity index (χ4n) is 3.29. The molecule has 1 aliphatic heterocycles. The Hall–Kier alpha value is -2.47. The standard InChI is InChI=1S/C20H27N5O/c1-5-24-9-11-25(12-10-24)19(26)17-13-16(4)21-20(22-17)23-18-14(2)7-6-8-15(18)3/h6-8,13H,5,9-12H2,1-4H3,(H,21,22,23). The van der Waals surface area contributed by atoms with Crippen molar-refractivity contribution in [3.05, 3.63) is 46.8 Å². The van der Waals surface area contributed by atoms with Crippen LogP contribution in [0.15, 0.2) is 24.3 Å². The van der Waals surface area contributed by atoms with E-state index in [1.54, 1.807) is 6.07 Å². The van der Waals surface area contributed by atoms with Crippen LogP contribution in [0.4, 0.5) is 11.6 Å². The fraction of sp³-hybridized carbons (Fsp3) is 0.450. The second-order valence-electron chi connectivity index (χ2n) is 6.84. The van der Waals surface area contributed by atoms with Gasteiger partial charge < -0.3 is 15.1 Å². The lowest BCUT2D eigenvalue weighted by Gasteiger charge is -2.33. The lowest BCUT2D eigenvalue weighted by atomic mass is 10.1. The number of rotatable bonds is 4.